The van der Waals surface area contributed by atoms with Crippen molar-refractivity contribution in [2.45, 2.75) is 50.7 Å². The SMILES string of the molecule is C[C@@H](C(=O)NC(C)(C)C)N(Cc1ccccc1F)C(=O)CN(c1ccccc1F)S(=O)(=O)c1ccccc1. The molecule has 3 aromatic rings. The number of sulfonamides is 1. The van der Waals surface area contributed by atoms with Gasteiger partial charge in [0.05, 0.1) is 10.6 Å². The van der Waals surface area contributed by atoms with Crippen molar-refractivity contribution in [2.75, 3.05) is 10.8 Å². The van der Waals surface area contributed by atoms with Crippen LogP contribution in [0.5, 0.6) is 0 Å². The summed E-state index contributed by atoms with van der Waals surface area (Å²) in [5, 5.41) is 2.79. The van der Waals surface area contributed by atoms with Crippen molar-refractivity contribution in [1.29, 1.82) is 0 Å². The van der Waals surface area contributed by atoms with Gasteiger partial charge in [0, 0.05) is 17.6 Å². The highest BCUT2D eigenvalue weighted by molar-refractivity contribution is 7.92. The number of nitrogens with zero attached hydrogens (tertiary/aromatic N) is 2. The first-order valence-electron chi connectivity index (χ1n) is 12.0. The van der Waals surface area contributed by atoms with E-state index in [2.05, 4.69) is 5.32 Å². The summed E-state index contributed by atoms with van der Waals surface area (Å²) in [6.07, 6.45) is 0. The molecule has 10 heteroatoms. The maximum atomic E-state index is 14.9. The summed E-state index contributed by atoms with van der Waals surface area (Å²) in [7, 11) is -4.39. The van der Waals surface area contributed by atoms with Gasteiger partial charge in [-0.1, -0.05) is 48.5 Å². The first-order chi connectivity index (χ1) is 17.8. The highest BCUT2D eigenvalue weighted by Crippen LogP contribution is 2.27. The van der Waals surface area contributed by atoms with E-state index >= 15 is 0 Å². The van der Waals surface area contributed by atoms with Crippen molar-refractivity contribution in [3.8, 4) is 0 Å². The normalized spacial score (nSPS) is 12.5. The standard InChI is InChI=1S/C28H31F2N3O4S/c1-20(27(35)31-28(2,3)4)32(18-21-12-8-9-15-23(21)29)26(34)19-33(25-17-11-10-16-24(25)30)38(36,37)22-13-6-5-7-14-22/h5-17,20H,18-19H2,1-4H3,(H,31,35)/t20-/m0/s1. The molecule has 0 spiro atoms. The lowest BCUT2D eigenvalue weighted by molar-refractivity contribution is -0.140. The molecule has 0 aliphatic heterocycles. The van der Waals surface area contributed by atoms with Crippen molar-refractivity contribution in [3.05, 3.63) is 96.1 Å². The zero-order chi connectivity index (χ0) is 28.1. The van der Waals surface area contributed by atoms with E-state index in [9.17, 15) is 26.8 Å². The predicted octanol–water partition coefficient (Wildman–Crippen LogP) is 4.49. The van der Waals surface area contributed by atoms with Gasteiger partial charge in [0.1, 0.15) is 24.2 Å². The van der Waals surface area contributed by atoms with Crippen LogP contribution in [0.25, 0.3) is 0 Å². The molecule has 2 amide bonds. The van der Waals surface area contributed by atoms with E-state index in [1.54, 1.807) is 32.9 Å². The first kappa shape index (κ1) is 28.8. The zero-order valence-corrected chi connectivity index (χ0v) is 22.5. The number of para-hydroxylation sites is 1. The van der Waals surface area contributed by atoms with E-state index in [1.807, 2.05) is 0 Å². The summed E-state index contributed by atoms with van der Waals surface area (Å²) >= 11 is 0. The third-order valence-electron chi connectivity index (χ3n) is 5.70. The number of rotatable bonds is 9. The van der Waals surface area contributed by atoms with Gasteiger partial charge in [0.25, 0.3) is 10.0 Å². The Bertz CT molecular complexity index is 1390. The van der Waals surface area contributed by atoms with Crippen molar-refractivity contribution >= 4 is 27.5 Å². The number of nitrogens with one attached hydrogen (secondary N) is 1. The Hall–Kier alpha value is -3.79. The summed E-state index contributed by atoms with van der Waals surface area (Å²) in [5.41, 5.74) is -0.810. The molecule has 38 heavy (non-hydrogen) atoms. The van der Waals surface area contributed by atoms with E-state index in [0.29, 0.717) is 4.31 Å². The molecule has 3 rings (SSSR count). The summed E-state index contributed by atoms with van der Waals surface area (Å²) in [5.74, 6) is -2.76. The van der Waals surface area contributed by atoms with Crippen LogP contribution in [0.15, 0.2) is 83.8 Å². The van der Waals surface area contributed by atoms with Crippen molar-refractivity contribution in [2.24, 2.45) is 0 Å². The number of benzene rings is 3. The Morgan fingerprint density at radius 1 is 0.868 bits per heavy atom. The lowest BCUT2D eigenvalue weighted by Gasteiger charge is -2.33. The van der Waals surface area contributed by atoms with Crippen molar-refractivity contribution in [1.82, 2.24) is 10.2 Å². The number of halogens is 2. The second kappa shape index (κ2) is 11.7. The molecular weight excluding hydrogens is 512 g/mol. The van der Waals surface area contributed by atoms with E-state index in [0.717, 1.165) is 11.0 Å². The van der Waals surface area contributed by atoms with Crippen LogP contribution in [0.1, 0.15) is 33.3 Å². The zero-order valence-electron chi connectivity index (χ0n) is 21.7. The summed E-state index contributed by atoms with van der Waals surface area (Å²) in [6, 6.07) is 17.2. The number of carbonyl (C=O) groups excluding carboxylic acids is 2. The maximum absolute atomic E-state index is 14.9. The van der Waals surface area contributed by atoms with E-state index < -0.39 is 51.6 Å². The molecule has 7 nitrogen and oxygen atoms in total. The number of carbonyl (C=O) groups is 2. The molecule has 0 fully saturated rings. The molecule has 0 aromatic heterocycles. The van der Waals surface area contributed by atoms with Crippen LogP contribution in [0, 0.1) is 11.6 Å². The van der Waals surface area contributed by atoms with Crippen LogP contribution in [0.3, 0.4) is 0 Å². The highest BCUT2D eigenvalue weighted by atomic mass is 32.2. The van der Waals surface area contributed by atoms with E-state index in [4.69, 9.17) is 0 Å². The third kappa shape index (κ3) is 6.95. The Balaban J connectivity index is 2.05. The lowest BCUT2D eigenvalue weighted by atomic mass is 10.1. The Morgan fingerprint density at radius 2 is 1.42 bits per heavy atom. The topological polar surface area (TPSA) is 86.8 Å². The van der Waals surface area contributed by atoms with Gasteiger partial charge in [0.15, 0.2) is 0 Å². The van der Waals surface area contributed by atoms with Crippen molar-refractivity contribution in [3.63, 3.8) is 0 Å². The number of anilines is 1. The molecule has 1 N–H and O–H groups in total. The minimum Gasteiger partial charge on any atom is -0.350 e. The summed E-state index contributed by atoms with van der Waals surface area (Å²) in [6.45, 7) is 5.66. The molecular formula is C28H31F2N3O4S. The molecule has 202 valence electrons. The van der Waals surface area contributed by atoms with Gasteiger partial charge < -0.3 is 10.2 Å². The second-order valence-electron chi connectivity index (χ2n) is 9.80. The smallest absolute Gasteiger partial charge is 0.264 e. The van der Waals surface area contributed by atoms with Gasteiger partial charge in [-0.25, -0.2) is 17.2 Å². The van der Waals surface area contributed by atoms with Crippen LogP contribution in [-0.2, 0) is 26.2 Å². The van der Waals surface area contributed by atoms with Crippen LogP contribution in [0.4, 0.5) is 14.5 Å². The van der Waals surface area contributed by atoms with Crippen LogP contribution in [0.2, 0.25) is 0 Å². The highest BCUT2D eigenvalue weighted by Gasteiger charge is 2.34. The molecule has 0 aliphatic carbocycles. The molecule has 0 heterocycles. The van der Waals surface area contributed by atoms with Crippen LogP contribution >= 0.6 is 0 Å². The van der Waals surface area contributed by atoms with Crippen molar-refractivity contribution < 1.29 is 26.8 Å². The van der Waals surface area contributed by atoms with Gasteiger partial charge in [0.2, 0.25) is 11.8 Å². The van der Waals surface area contributed by atoms with Gasteiger partial charge in [-0.15, -0.1) is 0 Å². The number of hydrogen-bond acceptors (Lipinski definition) is 4. The Morgan fingerprint density at radius 3 is 2.00 bits per heavy atom. The lowest BCUT2D eigenvalue weighted by Crippen LogP contribution is -2.54. The van der Waals surface area contributed by atoms with Crippen LogP contribution < -0.4 is 9.62 Å². The van der Waals surface area contributed by atoms with Gasteiger partial charge in [-0.2, -0.15) is 0 Å². The van der Waals surface area contributed by atoms with E-state index in [1.165, 1.54) is 67.6 Å². The molecule has 0 radical (unpaired) electrons. The minimum absolute atomic E-state index is 0.139. The number of hydrogen-bond donors (Lipinski definition) is 1. The number of amides is 2. The van der Waals surface area contributed by atoms with Gasteiger partial charge in [-0.05, 0) is 58.0 Å². The molecule has 0 saturated carbocycles. The fourth-order valence-corrected chi connectivity index (χ4v) is 5.20. The fraction of sp³-hybridized carbons (Fsp3) is 0.286. The largest absolute Gasteiger partial charge is 0.350 e. The second-order valence-corrected chi connectivity index (χ2v) is 11.7. The molecule has 3 aromatic carbocycles. The summed E-state index contributed by atoms with van der Waals surface area (Å²) in [4.78, 5) is 27.7. The quantitative estimate of drug-likeness (QED) is 0.431. The van der Waals surface area contributed by atoms with E-state index in [-0.39, 0.29) is 22.7 Å². The predicted molar refractivity (Wildman–Crippen MR) is 142 cm³/mol. The minimum atomic E-state index is -4.39. The molecule has 0 aliphatic rings. The van der Waals surface area contributed by atoms with Gasteiger partial charge in [-0.3, -0.25) is 13.9 Å². The monoisotopic (exact) mass is 543 g/mol. The molecule has 0 saturated heterocycles. The Kier molecular flexibility index (Phi) is 8.88. The molecule has 1 atom stereocenters. The maximum Gasteiger partial charge on any atom is 0.264 e. The first-order valence-corrected chi connectivity index (χ1v) is 13.4. The summed E-state index contributed by atoms with van der Waals surface area (Å²) < 4.78 is 57.3. The molecule has 0 bridgehead atoms. The average Bonchev–Trinajstić information content (AvgIpc) is 2.86. The Labute approximate surface area is 222 Å². The third-order valence-corrected chi connectivity index (χ3v) is 7.47. The average molecular weight is 544 g/mol. The molecule has 0 unspecified atom stereocenters. The van der Waals surface area contributed by atoms with Crippen LogP contribution in [-0.4, -0.2) is 43.3 Å². The fourth-order valence-electron chi connectivity index (χ4n) is 3.75. The van der Waals surface area contributed by atoms with Gasteiger partial charge >= 0.3 is 0 Å².